The predicted molar refractivity (Wildman–Crippen MR) is 108 cm³/mol. The predicted octanol–water partition coefficient (Wildman–Crippen LogP) is 1.50. The molecule has 0 saturated carbocycles. The van der Waals surface area contributed by atoms with Crippen LogP contribution in [0.1, 0.15) is 15.9 Å². The van der Waals surface area contributed by atoms with Gasteiger partial charge in [0, 0.05) is 30.2 Å². The first kappa shape index (κ1) is 19.9. The molecular weight excluding hydrogens is 396 g/mol. The van der Waals surface area contributed by atoms with Crippen molar-refractivity contribution in [3.63, 3.8) is 0 Å². The average molecular weight is 411 g/mol. The average Bonchev–Trinajstić information content (AvgIpc) is 3.17. The Kier molecular flexibility index (Phi) is 5.21. The highest BCUT2D eigenvalue weighted by Gasteiger charge is 2.23. The highest BCUT2D eigenvalue weighted by molar-refractivity contribution is 6.30. The number of ketones is 1. The van der Waals surface area contributed by atoms with E-state index in [1.54, 1.807) is 30.3 Å². The van der Waals surface area contributed by atoms with Crippen LogP contribution in [-0.2, 0) is 14.1 Å². The van der Waals surface area contributed by atoms with Crippen LogP contribution in [0.25, 0.3) is 17.3 Å². The molecule has 146 valence electrons. The minimum Gasteiger partial charge on any atom is -0.384 e. The zero-order chi connectivity index (χ0) is 21.3. The van der Waals surface area contributed by atoms with Crippen molar-refractivity contribution >= 4 is 29.3 Å². The highest BCUT2D eigenvalue weighted by atomic mass is 35.5. The van der Waals surface area contributed by atoms with Crippen molar-refractivity contribution in [2.45, 2.75) is 0 Å². The zero-order valence-corrected chi connectivity index (χ0v) is 16.2. The fraction of sp³-hybridized carbons (Fsp3) is 0.105. The molecule has 1 aromatic carbocycles. The molecular formula is C19H15ClN6O3. The summed E-state index contributed by atoms with van der Waals surface area (Å²) in [7, 11) is 2.56. The van der Waals surface area contributed by atoms with Gasteiger partial charge in [-0.15, -0.1) is 0 Å². The second kappa shape index (κ2) is 7.61. The lowest BCUT2D eigenvalue weighted by molar-refractivity contribution is 0.103. The Bertz CT molecular complexity index is 1310. The number of nitriles is 1. The molecule has 9 nitrogen and oxygen atoms in total. The van der Waals surface area contributed by atoms with E-state index >= 15 is 0 Å². The molecule has 0 saturated heterocycles. The Balaban J connectivity index is 2.13. The van der Waals surface area contributed by atoms with E-state index in [9.17, 15) is 19.6 Å². The number of carbonyl (C=O) groups excluding carboxylic acids is 1. The monoisotopic (exact) mass is 410 g/mol. The van der Waals surface area contributed by atoms with E-state index < -0.39 is 22.6 Å². The number of halogens is 1. The number of nitrogens with zero attached hydrogens (tertiary/aromatic N) is 4. The van der Waals surface area contributed by atoms with Gasteiger partial charge in [0.15, 0.2) is 0 Å². The van der Waals surface area contributed by atoms with Gasteiger partial charge in [0.2, 0.25) is 5.78 Å². The van der Waals surface area contributed by atoms with Crippen LogP contribution in [0.4, 0.5) is 5.82 Å². The summed E-state index contributed by atoms with van der Waals surface area (Å²) in [6, 6.07) is 8.68. The summed E-state index contributed by atoms with van der Waals surface area (Å²) in [6.45, 7) is 0. The van der Waals surface area contributed by atoms with Gasteiger partial charge in [-0.1, -0.05) is 23.7 Å². The minimum atomic E-state index is -0.885. The second-order valence-corrected chi connectivity index (χ2v) is 6.61. The summed E-state index contributed by atoms with van der Waals surface area (Å²) in [4.78, 5) is 37.3. The number of hydrogen-bond donors (Lipinski definition) is 2. The van der Waals surface area contributed by atoms with Crippen molar-refractivity contribution in [2.75, 3.05) is 5.73 Å². The number of rotatable bonds is 4. The number of aromatic nitrogens is 4. The molecule has 0 bridgehead atoms. The third-order valence-electron chi connectivity index (χ3n) is 4.40. The lowest BCUT2D eigenvalue weighted by Crippen LogP contribution is -2.41. The second-order valence-electron chi connectivity index (χ2n) is 6.17. The lowest BCUT2D eigenvalue weighted by Gasteiger charge is -2.10. The van der Waals surface area contributed by atoms with E-state index in [4.69, 9.17) is 17.3 Å². The van der Waals surface area contributed by atoms with E-state index in [-0.39, 0.29) is 11.4 Å². The first-order valence-electron chi connectivity index (χ1n) is 8.27. The minimum absolute atomic E-state index is 0.311. The summed E-state index contributed by atoms with van der Waals surface area (Å²) in [5, 5.41) is 16.8. The largest absolute Gasteiger partial charge is 0.384 e. The summed E-state index contributed by atoms with van der Waals surface area (Å²) < 4.78 is 1.73. The summed E-state index contributed by atoms with van der Waals surface area (Å²) in [6.07, 6.45) is 2.75. The van der Waals surface area contributed by atoms with Gasteiger partial charge in [-0.2, -0.15) is 10.4 Å². The van der Waals surface area contributed by atoms with Crippen LogP contribution in [0, 0.1) is 11.3 Å². The molecule has 3 aromatic rings. The van der Waals surface area contributed by atoms with Gasteiger partial charge < -0.3 is 5.73 Å². The van der Waals surface area contributed by atoms with E-state index in [0.29, 0.717) is 16.3 Å². The summed E-state index contributed by atoms with van der Waals surface area (Å²) in [5.41, 5.74) is 5.24. The van der Waals surface area contributed by atoms with Gasteiger partial charge in [-0.05, 0) is 18.2 Å². The topological polar surface area (TPSA) is 140 Å². The van der Waals surface area contributed by atoms with Crippen LogP contribution >= 0.6 is 11.6 Å². The zero-order valence-electron chi connectivity index (χ0n) is 15.4. The standard InChI is InChI=1S/C19H15ClN6O3/c1-25-17(22)14(18(28)26(2)19(25)29)16(27)11(8-21)7-12-9-23-24-15(12)10-3-5-13(20)6-4-10/h3-7,9H,22H2,1-2H3,(H,23,24)/b11-7+. The number of allylic oxidation sites excluding steroid dienone is 1. The molecule has 0 radical (unpaired) electrons. The third kappa shape index (κ3) is 3.49. The Morgan fingerprint density at radius 2 is 1.90 bits per heavy atom. The normalized spacial score (nSPS) is 11.3. The van der Waals surface area contributed by atoms with E-state index in [0.717, 1.165) is 14.7 Å². The first-order chi connectivity index (χ1) is 13.8. The smallest absolute Gasteiger partial charge is 0.332 e. The van der Waals surface area contributed by atoms with Gasteiger partial charge in [-0.25, -0.2) is 4.79 Å². The fourth-order valence-corrected chi connectivity index (χ4v) is 2.89. The Morgan fingerprint density at radius 1 is 1.24 bits per heavy atom. The van der Waals surface area contributed by atoms with Gasteiger partial charge in [-0.3, -0.25) is 23.8 Å². The van der Waals surface area contributed by atoms with Gasteiger partial charge >= 0.3 is 5.69 Å². The molecule has 3 rings (SSSR count). The van der Waals surface area contributed by atoms with Crippen LogP contribution in [0.2, 0.25) is 5.02 Å². The molecule has 0 aliphatic rings. The maximum atomic E-state index is 12.9. The lowest BCUT2D eigenvalue weighted by atomic mass is 10.0. The Hall–Kier alpha value is -3.90. The number of nitrogens with two attached hydrogens (primary N) is 1. The van der Waals surface area contributed by atoms with Crippen molar-refractivity contribution in [3.8, 4) is 17.3 Å². The number of Topliss-reactive ketones (excluding diaryl/α,β-unsaturated/α-hetero) is 1. The summed E-state index contributed by atoms with van der Waals surface area (Å²) in [5.74, 6) is -1.20. The quantitative estimate of drug-likeness (QED) is 0.379. The van der Waals surface area contributed by atoms with Crippen LogP contribution in [0.3, 0.4) is 0 Å². The molecule has 0 aliphatic carbocycles. The number of nitrogen functional groups attached to an aromatic ring is 1. The van der Waals surface area contributed by atoms with Gasteiger partial charge in [0.25, 0.3) is 5.56 Å². The van der Waals surface area contributed by atoms with Crippen molar-refractivity contribution in [3.05, 3.63) is 73.0 Å². The van der Waals surface area contributed by atoms with Gasteiger partial charge in [0.05, 0.1) is 11.9 Å². The molecule has 0 unspecified atom stereocenters. The molecule has 3 N–H and O–H groups in total. The maximum absolute atomic E-state index is 12.9. The summed E-state index contributed by atoms with van der Waals surface area (Å²) >= 11 is 5.90. The van der Waals surface area contributed by atoms with Crippen molar-refractivity contribution in [1.29, 1.82) is 5.26 Å². The molecule has 0 atom stereocenters. The Morgan fingerprint density at radius 3 is 2.52 bits per heavy atom. The van der Waals surface area contributed by atoms with Crippen LogP contribution in [-0.4, -0.2) is 25.1 Å². The van der Waals surface area contributed by atoms with Gasteiger partial charge in [0.1, 0.15) is 23.0 Å². The number of benzene rings is 1. The highest BCUT2D eigenvalue weighted by Crippen LogP contribution is 2.25. The molecule has 29 heavy (non-hydrogen) atoms. The first-order valence-corrected chi connectivity index (χ1v) is 8.65. The van der Waals surface area contributed by atoms with E-state index in [1.807, 2.05) is 0 Å². The number of H-pyrrole nitrogens is 1. The van der Waals surface area contributed by atoms with Crippen molar-refractivity contribution < 1.29 is 4.79 Å². The molecule has 0 spiro atoms. The molecule has 0 amide bonds. The molecule has 2 aromatic heterocycles. The number of carbonyl (C=O) groups is 1. The third-order valence-corrected chi connectivity index (χ3v) is 4.66. The SMILES string of the molecule is Cn1c(N)c(C(=O)/C(C#N)=C/c2cn[nH]c2-c2ccc(Cl)cc2)c(=O)n(C)c1=O. The van der Waals surface area contributed by atoms with Crippen LogP contribution in [0.5, 0.6) is 0 Å². The number of aromatic amines is 1. The van der Waals surface area contributed by atoms with Crippen molar-refractivity contribution in [2.24, 2.45) is 14.1 Å². The molecule has 0 fully saturated rings. The maximum Gasteiger partial charge on any atom is 0.332 e. The van der Waals surface area contributed by atoms with E-state index in [1.165, 1.54) is 26.4 Å². The van der Waals surface area contributed by atoms with Crippen molar-refractivity contribution in [1.82, 2.24) is 19.3 Å². The number of nitrogens with one attached hydrogen (secondary N) is 1. The molecule has 10 heteroatoms. The fourth-order valence-electron chi connectivity index (χ4n) is 2.76. The van der Waals surface area contributed by atoms with Crippen LogP contribution in [0.15, 0.2) is 45.6 Å². The Labute approximate surface area is 169 Å². The van der Waals surface area contributed by atoms with Crippen LogP contribution < -0.4 is 17.0 Å². The molecule has 2 heterocycles. The number of hydrogen-bond acceptors (Lipinski definition) is 6. The van der Waals surface area contributed by atoms with E-state index in [2.05, 4.69) is 10.2 Å². The molecule has 0 aliphatic heterocycles. The number of anilines is 1.